The predicted octanol–water partition coefficient (Wildman–Crippen LogP) is 3.02. The lowest BCUT2D eigenvalue weighted by molar-refractivity contribution is -0.139. The average molecular weight is 399 g/mol. The van der Waals surface area contributed by atoms with E-state index in [0.717, 1.165) is 5.56 Å². The number of ether oxygens (including phenoxy) is 1. The molecule has 1 fully saturated rings. The van der Waals surface area contributed by atoms with Gasteiger partial charge in [0.2, 0.25) is 11.8 Å². The molecule has 0 unspecified atom stereocenters. The largest absolute Gasteiger partial charge is 0.489 e. The Balaban J connectivity index is 1.46. The third kappa shape index (κ3) is 5.31. The molecule has 1 N–H and O–H groups in total. The lowest BCUT2D eigenvalue weighted by Crippen LogP contribution is -2.34. The zero-order valence-electron chi connectivity index (χ0n) is 16.1. The Bertz CT molecular complexity index is 885. The second-order valence-corrected chi connectivity index (χ2v) is 6.70. The molecule has 0 saturated carbocycles. The Morgan fingerprint density at radius 2 is 1.76 bits per heavy atom. The van der Waals surface area contributed by atoms with Gasteiger partial charge in [0.15, 0.2) is 11.6 Å². The summed E-state index contributed by atoms with van der Waals surface area (Å²) in [4.78, 5) is 38.3. The Hall–Kier alpha value is -3.42. The SMILES string of the molecule is CN(CCOc1ccccc1F)C(=O)Nc1ccc(CN2C(=O)CCC2=O)cc1. The lowest BCUT2D eigenvalue weighted by Gasteiger charge is -2.19. The van der Waals surface area contributed by atoms with Gasteiger partial charge in [0, 0.05) is 25.6 Å². The maximum Gasteiger partial charge on any atom is 0.321 e. The van der Waals surface area contributed by atoms with Gasteiger partial charge in [-0.05, 0) is 29.8 Å². The van der Waals surface area contributed by atoms with Gasteiger partial charge in [-0.3, -0.25) is 14.5 Å². The summed E-state index contributed by atoms with van der Waals surface area (Å²) in [5.74, 6) is -0.623. The molecule has 7 nitrogen and oxygen atoms in total. The number of anilines is 1. The number of rotatable bonds is 7. The summed E-state index contributed by atoms with van der Waals surface area (Å²) in [6, 6.07) is 12.7. The van der Waals surface area contributed by atoms with Crippen molar-refractivity contribution in [2.75, 3.05) is 25.5 Å². The zero-order chi connectivity index (χ0) is 20.8. The van der Waals surface area contributed by atoms with Crippen LogP contribution in [0, 0.1) is 5.82 Å². The van der Waals surface area contributed by atoms with Crippen LogP contribution in [0.3, 0.4) is 0 Å². The monoisotopic (exact) mass is 399 g/mol. The van der Waals surface area contributed by atoms with Crippen LogP contribution in [0.2, 0.25) is 0 Å². The van der Waals surface area contributed by atoms with E-state index >= 15 is 0 Å². The number of urea groups is 1. The van der Waals surface area contributed by atoms with E-state index in [1.807, 2.05) is 0 Å². The minimum absolute atomic E-state index is 0.145. The van der Waals surface area contributed by atoms with Gasteiger partial charge in [-0.1, -0.05) is 24.3 Å². The van der Waals surface area contributed by atoms with Crippen LogP contribution in [0.4, 0.5) is 14.9 Å². The van der Waals surface area contributed by atoms with Gasteiger partial charge >= 0.3 is 6.03 Å². The van der Waals surface area contributed by atoms with Crippen LogP contribution in [0.5, 0.6) is 5.75 Å². The van der Waals surface area contributed by atoms with Crippen LogP contribution in [-0.2, 0) is 16.1 Å². The molecule has 1 aliphatic rings. The molecule has 0 aromatic heterocycles. The Kier molecular flexibility index (Phi) is 6.43. The number of halogens is 1. The molecule has 3 rings (SSSR count). The number of carbonyl (C=O) groups excluding carboxylic acids is 3. The van der Waals surface area contributed by atoms with E-state index in [1.54, 1.807) is 43.4 Å². The molecule has 1 saturated heterocycles. The van der Waals surface area contributed by atoms with Crippen molar-refractivity contribution in [3.63, 3.8) is 0 Å². The van der Waals surface area contributed by atoms with Crippen molar-refractivity contribution in [2.45, 2.75) is 19.4 Å². The van der Waals surface area contributed by atoms with Crippen molar-refractivity contribution in [3.8, 4) is 5.75 Å². The third-order valence-corrected chi connectivity index (χ3v) is 4.57. The first kappa shape index (κ1) is 20.3. The normalized spacial score (nSPS) is 13.5. The molecule has 8 heteroatoms. The highest BCUT2D eigenvalue weighted by molar-refractivity contribution is 6.01. The number of para-hydroxylation sites is 1. The Morgan fingerprint density at radius 3 is 2.41 bits per heavy atom. The Morgan fingerprint density at radius 1 is 1.10 bits per heavy atom. The second kappa shape index (κ2) is 9.18. The van der Waals surface area contributed by atoms with E-state index in [9.17, 15) is 18.8 Å². The quantitative estimate of drug-likeness (QED) is 0.726. The summed E-state index contributed by atoms with van der Waals surface area (Å²) >= 11 is 0. The van der Waals surface area contributed by atoms with Crippen LogP contribution in [0.25, 0.3) is 0 Å². The maximum atomic E-state index is 13.5. The molecule has 0 atom stereocenters. The van der Waals surface area contributed by atoms with Gasteiger partial charge in [0.25, 0.3) is 0 Å². The first-order valence-electron chi connectivity index (χ1n) is 9.25. The highest BCUT2D eigenvalue weighted by atomic mass is 19.1. The van der Waals surface area contributed by atoms with Gasteiger partial charge in [-0.2, -0.15) is 0 Å². The fourth-order valence-electron chi connectivity index (χ4n) is 2.85. The van der Waals surface area contributed by atoms with Crippen molar-refractivity contribution >= 4 is 23.5 Å². The minimum Gasteiger partial charge on any atom is -0.489 e. The Labute approximate surface area is 168 Å². The highest BCUT2D eigenvalue weighted by Crippen LogP contribution is 2.18. The summed E-state index contributed by atoms with van der Waals surface area (Å²) in [6.45, 7) is 0.665. The van der Waals surface area contributed by atoms with Crippen molar-refractivity contribution in [1.82, 2.24) is 9.80 Å². The molecule has 4 amide bonds. The number of carbonyl (C=O) groups is 3. The first-order chi connectivity index (χ1) is 13.9. The number of hydrogen-bond donors (Lipinski definition) is 1. The minimum atomic E-state index is -0.447. The molecule has 0 aliphatic carbocycles. The molecular formula is C21H22FN3O4. The van der Waals surface area contributed by atoms with E-state index in [-0.39, 0.29) is 56.1 Å². The van der Waals surface area contributed by atoms with E-state index < -0.39 is 5.82 Å². The molecule has 1 heterocycles. The van der Waals surface area contributed by atoms with Crippen molar-refractivity contribution in [2.24, 2.45) is 0 Å². The van der Waals surface area contributed by atoms with E-state index in [4.69, 9.17) is 4.74 Å². The van der Waals surface area contributed by atoms with Crippen molar-refractivity contribution in [3.05, 3.63) is 59.9 Å². The van der Waals surface area contributed by atoms with Crippen LogP contribution in [-0.4, -0.2) is 47.8 Å². The van der Waals surface area contributed by atoms with Gasteiger partial charge in [0.1, 0.15) is 6.61 Å². The number of amides is 4. The second-order valence-electron chi connectivity index (χ2n) is 6.70. The van der Waals surface area contributed by atoms with E-state index in [2.05, 4.69) is 5.32 Å². The van der Waals surface area contributed by atoms with Gasteiger partial charge in [-0.25, -0.2) is 9.18 Å². The molecule has 0 radical (unpaired) electrons. The number of nitrogens with one attached hydrogen (secondary N) is 1. The van der Waals surface area contributed by atoms with Crippen LogP contribution in [0.1, 0.15) is 18.4 Å². The molecule has 2 aromatic rings. The average Bonchev–Trinajstić information content (AvgIpc) is 3.02. The van der Waals surface area contributed by atoms with Gasteiger partial charge < -0.3 is 15.0 Å². The van der Waals surface area contributed by atoms with Gasteiger partial charge in [0.05, 0.1) is 13.1 Å². The van der Waals surface area contributed by atoms with E-state index in [1.165, 1.54) is 21.9 Å². The van der Waals surface area contributed by atoms with Crippen LogP contribution < -0.4 is 10.1 Å². The smallest absolute Gasteiger partial charge is 0.321 e. The summed E-state index contributed by atoms with van der Waals surface area (Å²) in [6.07, 6.45) is 0.528. The molecule has 2 aromatic carbocycles. The molecule has 152 valence electrons. The lowest BCUT2D eigenvalue weighted by atomic mass is 10.2. The number of likely N-dealkylation sites (tertiary alicyclic amines) is 1. The maximum absolute atomic E-state index is 13.5. The first-order valence-corrected chi connectivity index (χ1v) is 9.25. The summed E-state index contributed by atoms with van der Waals surface area (Å²) < 4.78 is 18.9. The molecule has 0 bridgehead atoms. The highest BCUT2D eigenvalue weighted by Gasteiger charge is 2.28. The summed E-state index contributed by atoms with van der Waals surface area (Å²) in [5.41, 5.74) is 1.39. The van der Waals surface area contributed by atoms with Crippen molar-refractivity contribution < 1.29 is 23.5 Å². The number of nitrogens with zero attached hydrogens (tertiary/aromatic N) is 2. The number of imide groups is 1. The molecule has 29 heavy (non-hydrogen) atoms. The molecule has 1 aliphatic heterocycles. The van der Waals surface area contributed by atoms with Gasteiger partial charge in [-0.15, -0.1) is 0 Å². The molecular weight excluding hydrogens is 377 g/mol. The summed E-state index contributed by atoms with van der Waals surface area (Å²) in [5, 5.41) is 2.75. The predicted molar refractivity (Wildman–Crippen MR) is 105 cm³/mol. The third-order valence-electron chi connectivity index (χ3n) is 4.57. The molecule has 0 spiro atoms. The fourth-order valence-corrected chi connectivity index (χ4v) is 2.85. The zero-order valence-corrected chi connectivity index (χ0v) is 16.1. The fraction of sp³-hybridized carbons (Fsp3) is 0.286. The van der Waals surface area contributed by atoms with Crippen molar-refractivity contribution in [1.29, 1.82) is 0 Å². The summed E-state index contributed by atoms with van der Waals surface area (Å²) in [7, 11) is 1.61. The van der Waals surface area contributed by atoms with Crippen LogP contribution >= 0.6 is 0 Å². The number of likely N-dealkylation sites (N-methyl/N-ethyl adjacent to an activating group) is 1. The number of benzene rings is 2. The van der Waals surface area contributed by atoms with Crippen LogP contribution in [0.15, 0.2) is 48.5 Å². The topological polar surface area (TPSA) is 79.0 Å². The number of hydrogen-bond acceptors (Lipinski definition) is 4. The van der Waals surface area contributed by atoms with E-state index in [0.29, 0.717) is 5.69 Å². The standard InChI is InChI=1S/C21H22FN3O4/c1-24(12-13-29-18-5-3-2-4-17(18)22)21(28)23-16-8-6-15(7-9-16)14-25-19(26)10-11-20(25)27/h2-9H,10-14H2,1H3,(H,23,28).